The van der Waals surface area contributed by atoms with Gasteiger partial charge < -0.3 is 24.1 Å². The highest BCUT2D eigenvalue weighted by Gasteiger charge is 2.66. The summed E-state index contributed by atoms with van der Waals surface area (Å²) >= 11 is 0. The van der Waals surface area contributed by atoms with E-state index in [1.807, 2.05) is 6.92 Å². The molecule has 0 amide bonds. The number of hydrogen-bond donors (Lipinski definition) is 2. The first-order chi connectivity index (χ1) is 17.1. The Bertz CT molecular complexity index is 1240. The molecule has 192 valence electrons. The highest BCUT2D eigenvalue weighted by molar-refractivity contribution is 5.75. The predicted octanol–water partition coefficient (Wildman–Crippen LogP) is 3.64. The van der Waals surface area contributed by atoms with Gasteiger partial charge in [-0.2, -0.15) is 0 Å². The molecule has 3 fully saturated rings. The van der Waals surface area contributed by atoms with Gasteiger partial charge in [0.15, 0.2) is 0 Å². The monoisotopic (exact) mass is 495 g/mol. The Morgan fingerprint density at radius 1 is 1.22 bits per heavy atom. The molecule has 0 aromatic carbocycles. The summed E-state index contributed by atoms with van der Waals surface area (Å²) in [5.41, 5.74) is -1.49. The number of nitrogens with zero attached hydrogens (tertiary/aromatic N) is 1. The highest BCUT2D eigenvalue weighted by atomic mass is 16.5. The number of carbonyl (C=O) groups excluding carboxylic acids is 1. The minimum Gasteiger partial charge on any atom is -0.484 e. The second kappa shape index (κ2) is 8.15. The van der Waals surface area contributed by atoms with Crippen LogP contribution in [0, 0.1) is 29.1 Å². The van der Waals surface area contributed by atoms with E-state index in [1.165, 1.54) is 0 Å². The van der Waals surface area contributed by atoms with E-state index in [2.05, 4.69) is 18.8 Å². The molecule has 2 aromatic rings. The number of rotatable bonds is 3. The van der Waals surface area contributed by atoms with Gasteiger partial charge in [0.05, 0.1) is 18.1 Å². The summed E-state index contributed by atoms with van der Waals surface area (Å²) in [6.07, 6.45) is 4.57. The van der Waals surface area contributed by atoms with Crippen molar-refractivity contribution in [3.63, 3.8) is 0 Å². The van der Waals surface area contributed by atoms with E-state index in [9.17, 15) is 19.8 Å². The number of fused-ring (bicyclic) bond motifs is 4. The van der Waals surface area contributed by atoms with Crippen LogP contribution in [0.25, 0.3) is 11.3 Å². The van der Waals surface area contributed by atoms with E-state index < -0.39 is 34.8 Å². The van der Waals surface area contributed by atoms with Crippen LogP contribution in [0.1, 0.15) is 64.5 Å². The minimum absolute atomic E-state index is 0.00335. The van der Waals surface area contributed by atoms with E-state index >= 15 is 0 Å². The van der Waals surface area contributed by atoms with E-state index in [-0.39, 0.29) is 41.1 Å². The van der Waals surface area contributed by atoms with Gasteiger partial charge in [0.25, 0.3) is 0 Å². The molecular formula is C28H33NO7. The minimum atomic E-state index is -1.17. The average molecular weight is 496 g/mol. The van der Waals surface area contributed by atoms with Gasteiger partial charge >= 0.3 is 11.6 Å². The van der Waals surface area contributed by atoms with E-state index in [0.29, 0.717) is 30.6 Å². The van der Waals surface area contributed by atoms with Crippen LogP contribution in [0.5, 0.6) is 5.75 Å². The maximum Gasteiger partial charge on any atom is 0.345 e. The largest absolute Gasteiger partial charge is 0.484 e. The zero-order chi connectivity index (χ0) is 25.4. The fourth-order valence-electron chi connectivity index (χ4n) is 7.39. The van der Waals surface area contributed by atoms with Gasteiger partial charge in [-0.3, -0.25) is 9.78 Å². The number of esters is 1. The Hall–Kier alpha value is -2.71. The molecule has 3 saturated carbocycles. The van der Waals surface area contributed by atoms with Crippen LogP contribution in [0.15, 0.2) is 39.8 Å². The van der Waals surface area contributed by atoms with Crippen LogP contribution in [0.2, 0.25) is 0 Å². The Morgan fingerprint density at radius 3 is 2.69 bits per heavy atom. The maximum atomic E-state index is 13.2. The molecule has 4 aliphatic rings. The molecule has 8 nitrogen and oxygen atoms in total. The third-order valence-electron chi connectivity index (χ3n) is 9.52. The molecule has 0 spiro atoms. The molecular weight excluding hydrogens is 462 g/mol. The number of aliphatic hydroxyl groups is 2. The molecule has 3 heterocycles. The summed E-state index contributed by atoms with van der Waals surface area (Å²) in [4.78, 5) is 29.6. The Balaban J connectivity index is 1.37. The molecule has 2 aromatic heterocycles. The second-order valence-electron chi connectivity index (χ2n) is 11.6. The number of pyridine rings is 1. The summed E-state index contributed by atoms with van der Waals surface area (Å²) < 4.78 is 17.9. The SMILES string of the molecule is C[C@@H]1C2C[C@H](O)[C@@]3(C)Oc4cc(-c5cccnc5)oc(=O)c4[C@H](O)C3[C@@]2(C)CC[C@@H]1OC(=O)C1CC1. The zero-order valence-corrected chi connectivity index (χ0v) is 20.8. The van der Waals surface area contributed by atoms with Crippen molar-refractivity contribution in [3.8, 4) is 17.1 Å². The van der Waals surface area contributed by atoms with Crippen LogP contribution in [-0.4, -0.2) is 39.0 Å². The first-order valence-electron chi connectivity index (χ1n) is 13.0. The molecule has 8 heteroatoms. The van der Waals surface area contributed by atoms with Crippen LogP contribution in [-0.2, 0) is 9.53 Å². The molecule has 0 saturated heterocycles. The van der Waals surface area contributed by atoms with Gasteiger partial charge in [-0.05, 0) is 68.4 Å². The van der Waals surface area contributed by atoms with Gasteiger partial charge in [0.2, 0.25) is 0 Å². The molecule has 3 aliphatic carbocycles. The Labute approximate surface area is 209 Å². The fourth-order valence-corrected chi connectivity index (χ4v) is 7.39. The van der Waals surface area contributed by atoms with Gasteiger partial charge in [-0.15, -0.1) is 0 Å². The standard InChI is InChI=1S/C28H33NO7/c1-14-17-11-21(30)28(3)24(27(17,2)9-8-18(14)34-25(32)15-6-7-15)23(31)22-20(36-28)12-19(35-26(22)33)16-5-4-10-29-13-16/h4-5,10,12-15,17-18,21,23-24,30-31H,6-9,11H2,1-3H3/t14-,17?,18+,21+,23+,24?,27+,28-/m1/s1. The topological polar surface area (TPSA) is 119 Å². The molecule has 0 bridgehead atoms. The quantitative estimate of drug-likeness (QED) is 0.620. The van der Waals surface area contributed by atoms with Crippen molar-refractivity contribution in [2.45, 2.75) is 76.8 Å². The summed E-state index contributed by atoms with van der Waals surface area (Å²) in [7, 11) is 0. The first kappa shape index (κ1) is 23.7. The second-order valence-corrected chi connectivity index (χ2v) is 11.6. The van der Waals surface area contributed by atoms with Crippen molar-refractivity contribution in [2.24, 2.45) is 29.1 Å². The zero-order valence-electron chi connectivity index (χ0n) is 20.8. The predicted molar refractivity (Wildman–Crippen MR) is 129 cm³/mol. The van der Waals surface area contributed by atoms with Crippen LogP contribution in [0.3, 0.4) is 0 Å². The van der Waals surface area contributed by atoms with Gasteiger partial charge in [-0.25, -0.2) is 4.79 Å². The van der Waals surface area contributed by atoms with Crippen molar-refractivity contribution in [2.75, 3.05) is 0 Å². The van der Waals surface area contributed by atoms with Gasteiger partial charge in [-0.1, -0.05) is 13.8 Å². The summed E-state index contributed by atoms with van der Waals surface area (Å²) in [6, 6.07) is 5.13. The molecule has 6 rings (SSSR count). The van der Waals surface area contributed by atoms with Gasteiger partial charge in [0.1, 0.15) is 28.8 Å². The lowest BCUT2D eigenvalue weighted by Crippen LogP contribution is -2.68. The highest BCUT2D eigenvalue weighted by Crippen LogP contribution is 2.64. The lowest BCUT2D eigenvalue weighted by atomic mass is 9.46. The number of carbonyl (C=O) groups is 1. The smallest absolute Gasteiger partial charge is 0.345 e. The number of aliphatic hydroxyl groups excluding tert-OH is 2. The summed E-state index contributed by atoms with van der Waals surface area (Å²) in [5.74, 6) is -0.109. The summed E-state index contributed by atoms with van der Waals surface area (Å²) in [6.45, 7) is 6.02. The van der Waals surface area contributed by atoms with Crippen molar-refractivity contribution < 1.29 is 28.9 Å². The lowest BCUT2D eigenvalue weighted by Gasteiger charge is -2.63. The molecule has 0 radical (unpaired) electrons. The molecule has 36 heavy (non-hydrogen) atoms. The molecule has 2 N–H and O–H groups in total. The van der Waals surface area contributed by atoms with Crippen molar-refractivity contribution in [1.82, 2.24) is 4.98 Å². The maximum absolute atomic E-state index is 13.2. The van der Waals surface area contributed by atoms with Crippen molar-refractivity contribution >= 4 is 5.97 Å². The first-order valence-corrected chi connectivity index (χ1v) is 13.0. The Kier molecular flexibility index (Phi) is 5.36. The normalized spacial score (nSPS) is 39.2. The number of aromatic nitrogens is 1. The van der Waals surface area contributed by atoms with Gasteiger partial charge in [0, 0.05) is 29.9 Å². The fraction of sp³-hybridized carbons (Fsp3) is 0.607. The van der Waals surface area contributed by atoms with Crippen LogP contribution >= 0.6 is 0 Å². The van der Waals surface area contributed by atoms with Crippen molar-refractivity contribution in [1.29, 1.82) is 0 Å². The van der Waals surface area contributed by atoms with E-state index in [4.69, 9.17) is 13.9 Å². The molecule has 1 aliphatic heterocycles. The molecule has 2 unspecified atom stereocenters. The van der Waals surface area contributed by atoms with E-state index in [1.54, 1.807) is 30.6 Å². The number of hydrogen-bond acceptors (Lipinski definition) is 8. The third kappa shape index (κ3) is 3.44. The average Bonchev–Trinajstić information content (AvgIpc) is 3.68. The lowest BCUT2D eigenvalue weighted by molar-refractivity contribution is -0.244. The van der Waals surface area contributed by atoms with Crippen molar-refractivity contribution in [3.05, 3.63) is 46.6 Å². The van der Waals surface area contributed by atoms with Crippen LogP contribution < -0.4 is 10.4 Å². The Morgan fingerprint density at radius 2 is 2.00 bits per heavy atom. The third-order valence-corrected chi connectivity index (χ3v) is 9.52. The van der Waals surface area contributed by atoms with Crippen LogP contribution in [0.4, 0.5) is 0 Å². The number of ether oxygens (including phenoxy) is 2. The molecule has 8 atom stereocenters. The van der Waals surface area contributed by atoms with E-state index in [0.717, 1.165) is 12.8 Å². The summed E-state index contributed by atoms with van der Waals surface area (Å²) in [5, 5.41) is 23.2.